The van der Waals surface area contributed by atoms with E-state index >= 15 is 0 Å². The molecule has 3 atom stereocenters. The van der Waals surface area contributed by atoms with Crippen molar-refractivity contribution in [1.82, 2.24) is 5.32 Å². The highest BCUT2D eigenvalue weighted by Crippen LogP contribution is 2.35. The zero-order valence-corrected chi connectivity index (χ0v) is 13.4. The third-order valence-corrected chi connectivity index (χ3v) is 3.80. The molecule has 0 aliphatic carbocycles. The van der Waals surface area contributed by atoms with Crippen molar-refractivity contribution in [1.29, 1.82) is 5.26 Å². The summed E-state index contributed by atoms with van der Waals surface area (Å²) < 4.78 is 9.98. The fraction of sp³-hybridized carbons (Fsp3) is 0.412. The quantitative estimate of drug-likeness (QED) is 0.635. The maximum absolute atomic E-state index is 12.2. The molecule has 0 saturated carbocycles. The van der Waals surface area contributed by atoms with E-state index in [2.05, 4.69) is 5.32 Å². The lowest BCUT2D eigenvalue weighted by atomic mass is 9.83. The number of esters is 2. The molecule has 2 rings (SSSR count). The minimum absolute atomic E-state index is 0.132. The van der Waals surface area contributed by atoms with Gasteiger partial charge in [0.2, 0.25) is 5.91 Å². The van der Waals surface area contributed by atoms with E-state index in [0.29, 0.717) is 11.1 Å². The predicted octanol–water partition coefficient (Wildman–Crippen LogP) is 0.883. The molecule has 126 valence electrons. The van der Waals surface area contributed by atoms with Gasteiger partial charge in [0.25, 0.3) is 0 Å². The average Bonchev–Trinajstić information content (AvgIpc) is 2.93. The van der Waals surface area contributed by atoms with Gasteiger partial charge in [0, 0.05) is 5.92 Å². The Morgan fingerprint density at radius 1 is 1.12 bits per heavy atom. The number of carbonyl (C=O) groups excluding carboxylic acids is 3. The van der Waals surface area contributed by atoms with Crippen molar-refractivity contribution in [3.63, 3.8) is 0 Å². The smallest absolute Gasteiger partial charge is 0.329 e. The molecule has 1 aromatic carbocycles. The summed E-state index contributed by atoms with van der Waals surface area (Å²) in [7, 11) is 0. The highest BCUT2D eigenvalue weighted by Gasteiger charge is 2.51. The van der Waals surface area contributed by atoms with Gasteiger partial charge in [0.1, 0.15) is 12.0 Å². The fourth-order valence-corrected chi connectivity index (χ4v) is 2.78. The van der Waals surface area contributed by atoms with E-state index in [-0.39, 0.29) is 13.2 Å². The largest absolute Gasteiger partial charge is 0.465 e. The molecular weight excluding hydrogens is 312 g/mol. The van der Waals surface area contributed by atoms with Gasteiger partial charge in [-0.15, -0.1) is 0 Å². The highest BCUT2D eigenvalue weighted by molar-refractivity contribution is 6.04. The minimum atomic E-state index is -1.13. The van der Waals surface area contributed by atoms with Crippen molar-refractivity contribution in [3.8, 4) is 6.07 Å². The van der Waals surface area contributed by atoms with Crippen LogP contribution in [0.3, 0.4) is 0 Å². The van der Waals surface area contributed by atoms with Gasteiger partial charge in [-0.2, -0.15) is 5.26 Å². The number of nitriles is 1. The Balaban J connectivity index is 2.42. The number of hydrogen-bond donors (Lipinski definition) is 1. The summed E-state index contributed by atoms with van der Waals surface area (Å²) in [6, 6.07) is 7.42. The minimum Gasteiger partial charge on any atom is -0.465 e. The molecule has 1 amide bonds. The second kappa shape index (κ2) is 7.59. The zero-order chi connectivity index (χ0) is 17.7. The topological polar surface area (TPSA) is 105 Å². The van der Waals surface area contributed by atoms with Crippen LogP contribution in [0.25, 0.3) is 0 Å². The first kappa shape index (κ1) is 17.5. The van der Waals surface area contributed by atoms with E-state index in [1.807, 2.05) is 6.07 Å². The van der Waals surface area contributed by atoms with E-state index in [1.54, 1.807) is 38.1 Å². The second-order valence-corrected chi connectivity index (χ2v) is 5.23. The standard InChI is InChI=1S/C17H18N2O5/c1-3-23-16(21)13-12(11-7-5-10(9-18)6-8-11)14(19-15(13)20)17(22)24-4-2/h5-8,12-14H,3-4H2,1-2H3,(H,19,20)/t12-,13-,14-/m1/s1. The number of benzene rings is 1. The SMILES string of the molecule is CCOC(=O)[C@H]1C(=O)N[C@@H](C(=O)OCC)[C@@H]1c1ccc(C#N)cc1. The normalized spacial score (nSPS) is 22.4. The Hall–Kier alpha value is -2.88. The van der Waals surface area contributed by atoms with Crippen LogP contribution in [0.15, 0.2) is 24.3 Å². The molecule has 0 spiro atoms. The van der Waals surface area contributed by atoms with Gasteiger partial charge in [-0.3, -0.25) is 9.59 Å². The van der Waals surface area contributed by atoms with Crippen molar-refractivity contribution < 1.29 is 23.9 Å². The van der Waals surface area contributed by atoms with Crippen molar-refractivity contribution >= 4 is 17.8 Å². The maximum Gasteiger partial charge on any atom is 0.329 e. The monoisotopic (exact) mass is 330 g/mol. The molecule has 1 aliphatic heterocycles. The van der Waals surface area contributed by atoms with Crippen LogP contribution in [0.5, 0.6) is 0 Å². The fourth-order valence-electron chi connectivity index (χ4n) is 2.78. The number of rotatable bonds is 5. The molecule has 1 fully saturated rings. The molecule has 1 aliphatic rings. The molecule has 0 radical (unpaired) electrons. The summed E-state index contributed by atoms with van der Waals surface area (Å²) in [5, 5.41) is 11.4. The number of amides is 1. The molecular formula is C17H18N2O5. The van der Waals surface area contributed by atoms with E-state index < -0.39 is 35.7 Å². The molecule has 0 unspecified atom stereocenters. The van der Waals surface area contributed by atoms with Gasteiger partial charge in [0.15, 0.2) is 0 Å². The summed E-state index contributed by atoms with van der Waals surface area (Å²) in [5.74, 6) is -3.74. The predicted molar refractivity (Wildman–Crippen MR) is 82.6 cm³/mol. The van der Waals surface area contributed by atoms with E-state index in [9.17, 15) is 14.4 Å². The molecule has 0 bridgehead atoms. The van der Waals surface area contributed by atoms with Gasteiger partial charge >= 0.3 is 11.9 Å². The van der Waals surface area contributed by atoms with Crippen molar-refractivity contribution in [2.24, 2.45) is 5.92 Å². The number of hydrogen-bond acceptors (Lipinski definition) is 6. The lowest BCUT2D eigenvalue weighted by molar-refractivity contribution is -0.151. The summed E-state index contributed by atoms with van der Waals surface area (Å²) in [6.45, 7) is 3.60. The first-order valence-electron chi connectivity index (χ1n) is 7.67. The van der Waals surface area contributed by atoms with Gasteiger partial charge < -0.3 is 14.8 Å². The highest BCUT2D eigenvalue weighted by atomic mass is 16.5. The van der Waals surface area contributed by atoms with Crippen LogP contribution in [-0.2, 0) is 23.9 Å². The number of nitrogens with one attached hydrogen (secondary N) is 1. The van der Waals surface area contributed by atoms with Crippen molar-refractivity contribution in [2.75, 3.05) is 13.2 Å². The lowest BCUT2D eigenvalue weighted by Crippen LogP contribution is -2.37. The molecule has 7 nitrogen and oxygen atoms in total. The molecule has 1 aromatic rings. The van der Waals surface area contributed by atoms with Crippen molar-refractivity contribution in [2.45, 2.75) is 25.8 Å². The van der Waals surface area contributed by atoms with Gasteiger partial charge in [-0.05, 0) is 31.5 Å². The first-order valence-corrected chi connectivity index (χ1v) is 7.67. The molecule has 1 saturated heterocycles. The lowest BCUT2D eigenvalue weighted by Gasteiger charge is -2.21. The van der Waals surface area contributed by atoms with E-state index in [1.165, 1.54) is 0 Å². The molecule has 0 aromatic heterocycles. The number of carbonyl (C=O) groups is 3. The Labute approximate surface area is 139 Å². The van der Waals surface area contributed by atoms with Crippen LogP contribution in [0.1, 0.15) is 30.9 Å². The Bertz CT molecular complexity index is 677. The van der Waals surface area contributed by atoms with Crippen molar-refractivity contribution in [3.05, 3.63) is 35.4 Å². The zero-order valence-electron chi connectivity index (χ0n) is 13.4. The van der Waals surface area contributed by atoms with Crippen LogP contribution >= 0.6 is 0 Å². The van der Waals surface area contributed by atoms with Gasteiger partial charge in [-0.1, -0.05) is 12.1 Å². The summed E-state index contributed by atoms with van der Waals surface area (Å²) in [5.41, 5.74) is 1.03. The van der Waals surface area contributed by atoms with Crippen LogP contribution in [0.2, 0.25) is 0 Å². The maximum atomic E-state index is 12.2. The Morgan fingerprint density at radius 2 is 1.71 bits per heavy atom. The molecule has 24 heavy (non-hydrogen) atoms. The molecule has 1 N–H and O–H groups in total. The van der Waals surface area contributed by atoms with Crippen LogP contribution in [0.4, 0.5) is 0 Å². The Kier molecular flexibility index (Phi) is 5.53. The van der Waals surface area contributed by atoms with Gasteiger partial charge in [0.05, 0.1) is 24.8 Å². The average molecular weight is 330 g/mol. The van der Waals surface area contributed by atoms with E-state index in [0.717, 1.165) is 0 Å². The second-order valence-electron chi connectivity index (χ2n) is 5.23. The molecule has 1 heterocycles. The van der Waals surface area contributed by atoms with Crippen LogP contribution in [-0.4, -0.2) is 37.1 Å². The van der Waals surface area contributed by atoms with Gasteiger partial charge in [-0.25, -0.2) is 4.79 Å². The molecule has 7 heteroatoms. The number of ether oxygens (including phenoxy) is 2. The van der Waals surface area contributed by atoms with E-state index in [4.69, 9.17) is 14.7 Å². The Morgan fingerprint density at radius 3 is 2.25 bits per heavy atom. The number of nitrogens with zero attached hydrogens (tertiary/aromatic N) is 1. The third-order valence-electron chi connectivity index (χ3n) is 3.80. The first-order chi connectivity index (χ1) is 11.5. The summed E-state index contributed by atoms with van der Waals surface area (Å²) >= 11 is 0. The van der Waals surface area contributed by atoms with Crippen LogP contribution in [0, 0.1) is 17.2 Å². The summed E-state index contributed by atoms with van der Waals surface area (Å²) in [4.78, 5) is 36.6. The van der Waals surface area contributed by atoms with Crippen LogP contribution < -0.4 is 5.32 Å². The summed E-state index contributed by atoms with van der Waals surface area (Å²) in [6.07, 6.45) is 0. The third kappa shape index (κ3) is 3.38.